The highest BCUT2D eigenvalue weighted by atomic mass is 32.2. The molecule has 106 valence electrons. The van der Waals surface area contributed by atoms with Crippen molar-refractivity contribution in [3.05, 3.63) is 35.2 Å². The third-order valence-electron chi connectivity index (χ3n) is 3.21. The molecule has 1 aliphatic rings. The van der Waals surface area contributed by atoms with Crippen molar-refractivity contribution >= 4 is 29.3 Å². The van der Waals surface area contributed by atoms with E-state index in [1.54, 1.807) is 0 Å². The van der Waals surface area contributed by atoms with Gasteiger partial charge < -0.3 is 10.6 Å². The smallest absolute Gasteiger partial charge is 0.262 e. The van der Waals surface area contributed by atoms with E-state index < -0.39 is 0 Å². The maximum atomic E-state index is 11.9. The predicted octanol–water partition coefficient (Wildman–Crippen LogP) is 2.78. The topological polar surface area (TPSA) is 58.2 Å². The van der Waals surface area contributed by atoms with Gasteiger partial charge in [0.15, 0.2) is 0 Å². The second-order valence-corrected chi connectivity index (χ2v) is 6.19. The van der Waals surface area contributed by atoms with E-state index in [1.165, 1.54) is 17.8 Å². The quantitative estimate of drug-likeness (QED) is 0.842. The molecule has 4 nitrogen and oxygen atoms in total. The summed E-state index contributed by atoms with van der Waals surface area (Å²) >= 11 is 1.32. The van der Waals surface area contributed by atoms with Crippen LogP contribution in [0.5, 0.6) is 0 Å². The standard InChI is InChI=1S/C15H18N2O2S/c1-9(2)10(3)16-14(18)8-13-15(19)17-11-6-4-5-7-12(11)20-13/h4-10H,1-3H3,(H,16,18)(H,17,19)/b13-8+/t10-/m0/s1. The molecule has 0 aliphatic carbocycles. The van der Waals surface area contributed by atoms with Crippen molar-refractivity contribution in [3.8, 4) is 0 Å². The minimum absolute atomic E-state index is 0.0725. The normalized spacial score (nSPS) is 17.6. The summed E-state index contributed by atoms with van der Waals surface area (Å²) in [5, 5.41) is 5.65. The Kier molecular flexibility index (Phi) is 4.49. The van der Waals surface area contributed by atoms with Gasteiger partial charge in [0, 0.05) is 17.0 Å². The first-order valence-electron chi connectivity index (χ1n) is 6.58. The van der Waals surface area contributed by atoms with Crippen molar-refractivity contribution in [1.29, 1.82) is 0 Å². The van der Waals surface area contributed by atoms with Gasteiger partial charge in [0.2, 0.25) is 5.91 Å². The van der Waals surface area contributed by atoms with E-state index in [2.05, 4.69) is 10.6 Å². The van der Waals surface area contributed by atoms with E-state index in [-0.39, 0.29) is 17.9 Å². The molecule has 2 amide bonds. The van der Waals surface area contributed by atoms with Gasteiger partial charge in [0.25, 0.3) is 5.91 Å². The number of carbonyl (C=O) groups excluding carboxylic acids is 2. The van der Waals surface area contributed by atoms with E-state index in [0.29, 0.717) is 10.8 Å². The zero-order valence-corrected chi connectivity index (χ0v) is 12.6. The van der Waals surface area contributed by atoms with Crippen molar-refractivity contribution < 1.29 is 9.59 Å². The Labute approximate surface area is 123 Å². The highest BCUT2D eigenvalue weighted by molar-refractivity contribution is 8.04. The molecule has 0 aromatic heterocycles. The van der Waals surface area contributed by atoms with Crippen molar-refractivity contribution in [2.24, 2.45) is 5.92 Å². The Morgan fingerprint density at radius 1 is 1.30 bits per heavy atom. The van der Waals surface area contributed by atoms with Crippen LogP contribution in [0.2, 0.25) is 0 Å². The van der Waals surface area contributed by atoms with E-state index in [4.69, 9.17) is 0 Å². The number of hydrogen-bond acceptors (Lipinski definition) is 3. The third kappa shape index (κ3) is 3.42. The zero-order valence-electron chi connectivity index (χ0n) is 11.8. The fourth-order valence-corrected chi connectivity index (χ4v) is 2.58. The minimum Gasteiger partial charge on any atom is -0.350 e. The zero-order chi connectivity index (χ0) is 14.7. The first kappa shape index (κ1) is 14.7. The van der Waals surface area contributed by atoms with Crippen LogP contribution < -0.4 is 10.6 Å². The van der Waals surface area contributed by atoms with Gasteiger partial charge in [-0.15, -0.1) is 0 Å². The summed E-state index contributed by atoms with van der Waals surface area (Å²) in [5.41, 5.74) is 0.788. The molecule has 20 heavy (non-hydrogen) atoms. The molecule has 1 aromatic carbocycles. The number of fused-ring (bicyclic) bond motifs is 1. The van der Waals surface area contributed by atoms with Crippen LogP contribution in [0, 0.1) is 5.92 Å². The van der Waals surface area contributed by atoms with Crippen LogP contribution in [0.25, 0.3) is 0 Å². The van der Waals surface area contributed by atoms with E-state index in [0.717, 1.165) is 10.6 Å². The van der Waals surface area contributed by atoms with Gasteiger partial charge in [0.05, 0.1) is 10.6 Å². The number of thioether (sulfide) groups is 1. The average molecular weight is 290 g/mol. The van der Waals surface area contributed by atoms with Gasteiger partial charge in [-0.2, -0.15) is 0 Å². The fourth-order valence-electron chi connectivity index (χ4n) is 1.65. The van der Waals surface area contributed by atoms with Gasteiger partial charge in [-0.1, -0.05) is 37.7 Å². The Bertz CT molecular complexity index is 567. The minimum atomic E-state index is -0.235. The largest absolute Gasteiger partial charge is 0.350 e. The number of nitrogens with one attached hydrogen (secondary N) is 2. The molecular weight excluding hydrogens is 272 g/mol. The van der Waals surface area contributed by atoms with Crippen LogP contribution in [-0.2, 0) is 9.59 Å². The third-order valence-corrected chi connectivity index (χ3v) is 4.31. The summed E-state index contributed by atoms with van der Waals surface area (Å²) in [6.07, 6.45) is 1.37. The van der Waals surface area contributed by atoms with Crippen LogP contribution in [0.4, 0.5) is 5.69 Å². The molecule has 1 heterocycles. The number of hydrogen-bond donors (Lipinski definition) is 2. The van der Waals surface area contributed by atoms with Crippen LogP contribution >= 0.6 is 11.8 Å². The van der Waals surface area contributed by atoms with E-state index >= 15 is 0 Å². The number of anilines is 1. The molecule has 0 bridgehead atoms. The predicted molar refractivity (Wildman–Crippen MR) is 81.5 cm³/mol. The molecule has 0 fully saturated rings. The molecule has 2 rings (SSSR count). The lowest BCUT2D eigenvalue weighted by Crippen LogP contribution is -2.35. The molecule has 5 heteroatoms. The second kappa shape index (κ2) is 6.13. The molecule has 1 aliphatic heterocycles. The monoisotopic (exact) mass is 290 g/mol. The Morgan fingerprint density at radius 3 is 2.70 bits per heavy atom. The summed E-state index contributed by atoms with van der Waals surface area (Å²) in [7, 11) is 0. The van der Waals surface area contributed by atoms with Crippen LogP contribution in [0.3, 0.4) is 0 Å². The van der Waals surface area contributed by atoms with Gasteiger partial charge >= 0.3 is 0 Å². The van der Waals surface area contributed by atoms with Gasteiger partial charge in [-0.05, 0) is 25.0 Å². The van der Waals surface area contributed by atoms with Crippen LogP contribution in [0.15, 0.2) is 40.1 Å². The van der Waals surface area contributed by atoms with Crippen LogP contribution in [0.1, 0.15) is 20.8 Å². The number of rotatable bonds is 3. The molecule has 0 saturated carbocycles. The first-order chi connectivity index (χ1) is 9.47. The molecule has 1 atom stereocenters. The van der Waals surface area contributed by atoms with Crippen molar-refractivity contribution in [2.75, 3.05) is 5.32 Å². The summed E-state index contributed by atoms with van der Waals surface area (Å²) in [4.78, 5) is 25.2. The highest BCUT2D eigenvalue weighted by Gasteiger charge is 2.21. The van der Waals surface area contributed by atoms with Crippen molar-refractivity contribution in [3.63, 3.8) is 0 Å². The lowest BCUT2D eigenvalue weighted by Gasteiger charge is -2.19. The van der Waals surface area contributed by atoms with E-state index in [1.807, 2.05) is 45.0 Å². The number of carbonyl (C=O) groups is 2. The van der Waals surface area contributed by atoms with Gasteiger partial charge in [0.1, 0.15) is 0 Å². The fraction of sp³-hybridized carbons (Fsp3) is 0.333. The SMILES string of the molecule is CC(C)[C@H](C)NC(=O)/C=C1/Sc2ccccc2NC1=O. The maximum absolute atomic E-state index is 11.9. The molecule has 1 aromatic rings. The molecular formula is C15H18N2O2S. The molecule has 2 N–H and O–H groups in total. The van der Waals surface area contributed by atoms with E-state index in [9.17, 15) is 9.59 Å². The Hall–Kier alpha value is -1.75. The maximum Gasteiger partial charge on any atom is 0.262 e. The average Bonchev–Trinajstić information content (AvgIpc) is 2.39. The second-order valence-electron chi connectivity index (χ2n) is 5.10. The Morgan fingerprint density at radius 2 is 2.00 bits per heavy atom. The highest BCUT2D eigenvalue weighted by Crippen LogP contribution is 2.37. The van der Waals surface area contributed by atoms with Gasteiger partial charge in [-0.3, -0.25) is 9.59 Å². The number of amides is 2. The lowest BCUT2D eigenvalue weighted by atomic mass is 10.1. The molecule has 0 unspecified atom stereocenters. The van der Waals surface area contributed by atoms with Gasteiger partial charge in [-0.25, -0.2) is 0 Å². The summed E-state index contributed by atoms with van der Waals surface area (Å²) < 4.78 is 0. The number of benzene rings is 1. The summed E-state index contributed by atoms with van der Waals surface area (Å²) in [6.45, 7) is 6.03. The summed E-state index contributed by atoms with van der Waals surface area (Å²) in [5.74, 6) is -0.116. The Balaban J connectivity index is 2.11. The first-order valence-corrected chi connectivity index (χ1v) is 7.39. The molecule has 0 radical (unpaired) electrons. The molecule has 0 saturated heterocycles. The van der Waals surface area contributed by atoms with Crippen molar-refractivity contribution in [2.45, 2.75) is 31.7 Å². The number of para-hydroxylation sites is 1. The van der Waals surface area contributed by atoms with Crippen LogP contribution in [-0.4, -0.2) is 17.9 Å². The summed E-state index contributed by atoms with van der Waals surface area (Å²) in [6, 6.07) is 7.61. The molecule has 0 spiro atoms. The lowest BCUT2D eigenvalue weighted by molar-refractivity contribution is -0.118. The van der Waals surface area contributed by atoms with Crippen molar-refractivity contribution in [1.82, 2.24) is 5.32 Å².